The Morgan fingerprint density at radius 3 is 3.06 bits per heavy atom. The molecule has 5 heteroatoms. The predicted molar refractivity (Wildman–Crippen MR) is 63.3 cm³/mol. The van der Waals surface area contributed by atoms with Crippen molar-refractivity contribution in [3.63, 3.8) is 0 Å². The SMILES string of the molecule is CC(=O)SC1CC(=O)N(c2cccnc2)C1. The molecule has 0 aliphatic carbocycles. The predicted octanol–water partition coefficient (Wildman–Crippen LogP) is 1.47. The zero-order chi connectivity index (χ0) is 11.5. The molecule has 1 unspecified atom stereocenters. The van der Waals surface area contributed by atoms with Gasteiger partial charge in [0, 0.05) is 31.3 Å². The molecule has 0 spiro atoms. The zero-order valence-electron chi connectivity index (χ0n) is 8.92. The van der Waals surface area contributed by atoms with Crippen LogP contribution in [-0.2, 0) is 9.59 Å². The second-order valence-corrected chi connectivity index (χ2v) is 5.13. The van der Waals surface area contributed by atoms with Crippen LogP contribution in [0.1, 0.15) is 13.3 Å². The quantitative estimate of drug-likeness (QED) is 0.780. The Labute approximate surface area is 98.0 Å². The van der Waals surface area contributed by atoms with Crippen molar-refractivity contribution >= 4 is 28.5 Å². The Hall–Kier alpha value is -1.36. The molecule has 1 atom stereocenters. The molecule has 1 fully saturated rings. The highest BCUT2D eigenvalue weighted by molar-refractivity contribution is 8.14. The number of hydrogen-bond acceptors (Lipinski definition) is 4. The van der Waals surface area contributed by atoms with Crippen molar-refractivity contribution in [3.8, 4) is 0 Å². The van der Waals surface area contributed by atoms with Gasteiger partial charge in [0.2, 0.25) is 5.91 Å². The Morgan fingerprint density at radius 1 is 1.62 bits per heavy atom. The van der Waals surface area contributed by atoms with Crippen LogP contribution in [0.3, 0.4) is 0 Å². The molecule has 1 aromatic rings. The summed E-state index contributed by atoms with van der Waals surface area (Å²) in [5, 5.41) is 0.135. The molecule has 1 aliphatic heterocycles. The van der Waals surface area contributed by atoms with E-state index in [1.165, 1.54) is 18.7 Å². The molecule has 1 aliphatic rings. The number of nitrogens with zero attached hydrogens (tertiary/aromatic N) is 2. The summed E-state index contributed by atoms with van der Waals surface area (Å²) in [4.78, 5) is 28.4. The summed E-state index contributed by atoms with van der Waals surface area (Å²) in [5.74, 6) is 0.0618. The third-order valence-electron chi connectivity index (χ3n) is 2.38. The molecule has 1 saturated heterocycles. The van der Waals surface area contributed by atoms with E-state index in [1.54, 1.807) is 23.4 Å². The van der Waals surface area contributed by atoms with Crippen LogP contribution in [-0.4, -0.2) is 27.8 Å². The zero-order valence-corrected chi connectivity index (χ0v) is 9.74. The molecule has 4 nitrogen and oxygen atoms in total. The summed E-state index contributed by atoms with van der Waals surface area (Å²) in [5.41, 5.74) is 0.805. The van der Waals surface area contributed by atoms with E-state index in [0.29, 0.717) is 13.0 Å². The van der Waals surface area contributed by atoms with Gasteiger partial charge in [0.15, 0.2) is 5.12 Å². The first-order valence-electron chi connectivity index (χ1n) is 5.04. The van der Waals surface area contributed by atoms with E-state index in [1.807, 2.05) is 6.07 Å². The van der Waals surface area contributed by atoms with Crippen LogP contribution >= 0.6 is 11.8 Å². The normalized spacial score (nSPS) is 20.2. The van der Waals surface area contributed by atoms with Gasteiger partial charge < -0.3 is 4.90 Å². The van der Waals surface area contributed by atoms with Crippen molar-refractivity contribution in [1.82, 2.24) is 4.98 Å². The molecule has 84 valence electrons. The first-order valence-corrected chi connectivity index (χ1v) is 5.92. The van der Waals surface area contributed by atoms with Crippen molar-refractivity contribution in [2.75, 3.05) is 11.4 Å². The van der Waals surface area contributed by atoms with Crippen LogP contribution in [0.5, 0.6) is 0 Å². The van der Waals surface area contributed by atoms with Gasteiger partial charge in [-0.3, -0.25) is 14.6 Å². The van der Waals surface area contributed by atoms with Gasteiger partial charge in [-0.1, -0.05) is 11.8 Å². The summed E-state index contributed by atoms with van der Waals surface area (Å²) in [6, 6.07) is 3.65. The molecule has 16 heavy (non-hydrogen) atoms. The van der Waals surface area contributed by atoms with Gasteiger partial charge in [0.25, 0.3) is 0 Å². The second-order valence-electron chi connectivity index (χ2n) is 3.65. The third kappa shape index (κ3) is 2.41. The second kappa shape index (κ2) is 4.65. The maximum absolute atomic E-state index is 11.7. The van der Waals surface area contributed by atoms with Crippen molar-refractivity contribution < 1.29 is 9.59 Å². The minimum absolute atomic E-state index is 0.0610. The van der Waals surface area contributed by atoms with E-state index in [2.05, 4.69) is 4.98 Å². The van der Waals surface area contributed by atoms with Crippen LogP contribution < -0.4 is 4.90 Å². The van der Waals surface area contributed by atoms with Gasteiger partial charge in [-0.15, -0.1) is 0 Å². The van der Waals surface area contributed by atoms with E-state index in [0.717, 1.165) is 5.69 Å². The van der Waals surface area contributed by atoms with Gasteiger partial charge >= 0.3 is 0 Å². The molecule has 2 heterocycles. The lowest BCUT2D eigenvalue weighted by Gasteiger charge is -2.15. The van der Waals surface area contributed by atoms with Gasteiger partial charge in [-0.2, -0.15) is 0 Å². The highest BCUT2D eigenvalue weighted by Crippen LogP contribution is 2.27. The molecule has 0 radical (unpaired) electrons. The van der Waals surface area contributed by atoms with Crippen molar-refractivity contribution in [3.05, 3.63) is 24.5 Å². The highest BCUT2D eigenvalue weighted by atomic mass is 32.2. The largest absolute Gasteiger partial charge is 0.310 e. The first-order chi connectivity index (χ1) is 7.66. The number of amides is 1. The number of hydrogen-bond donors (Lipinski definition) is 0. The Bertz CT molecular complexity index is 408. The van der Waals surface area contributed by atoms with Gasteiger partial charge in [-0.05, 0) is 12.1 Å². The average molecular weight is 236 g/mol. The number of carbonyl (C=O) groups is 2. The molecule has 1 amide bonds. The summed E-state index contributed by atoms with van der Waals surface area (Å²) in [7, 11) is 0. The average Bonchev–Trinajstić information content (AvgIpc) is 2.60. The van der Waals surface area contributed by atoms with E-state index < -0.39 is 0 Å². The maximum Gasteiger partial charge on any atom is 0.228 e. The lowest BCUT2D eigenvalue weighted by Crippen LogP contribution is -2.24. The number of pyridine rings is 1. The van der Waals surface area contributed by atoms with Crippen molar-refractivity contribution in [2.24, 2.45) is 0 Å². The summed E-state index contributed by atoms with van der Waals surface area (Å²) in [6.07, 6.45) is 3.77. The van der Waals surface area contributed by atoms with Crippen LogP contribution in [0.25, 0.3) is 0 Å². The minimum atomic E-state index is 0.0610. The summed E-state index contributed by atoms with van der Waals surface area (Å²) < 4.78 is 0. The molecular weight excluding hydrogens is 224 g/mol. The Morgan fingerprint density at radius 2 is 2.44 bits per heavy atom. The topological polar surface area (TPSA) is 50.3 Å². The van der Waals surface area contributed by atoms with Crippen LogP contribution in [0.15, 0.2) is 24.5 Å². The van der Waals surface area contributed by atoms with E-state index in [-0.39, 0.29) is 16.3 Å². The molecule has 2 rings (SSSR count). The first kappa shape index (κ1) is 11.1. The van der Waals surface area contributed by atoms with Gasteiger partial charge in [-0.25, -0.2) is 0 Å². The number of thioether (sulfide) groups is 1. The fourth-order valence-corrected chi connectivity index (χ4v) is 2.67. The lowest BCUT2D eigenvalue weighted by molar-refractivity contribution is -0.117. The van der Waals surface area contributed by atoms with Crippen LogP contribution in [0, 0.1) is 0 Å². The number of aromatic nitrogens is 1. The lowest BCUT2D eigenvalue weighted by atomic mass is 10.4. The summed E-state index contributed by atoms with van der Waals surface area (Å²) >= 11 is 1.24. The molecule has 0 bridgehead atoms. The standard InChI is InChI=1S/C11H12N2O2S/c1-8(14)16-10-5-11(15)13(7-10)9-3-2-4-12-6-9/h2-4,6,10H,5,7H2,1H3. The smallest absolute Gasteiger partial charge is 0.228 e. The number of anilines is 1. The highest BCUT2D eigenvalue weighted by Gasteiger charge is 2.31. The van der Waals surface area contributed by atoms with E-state index in [4.69, 9.17) is 0 Å². The van der Waals surface area contributed by atoms with Gasteiger partial charge in [0.1, 0.15) is 0 Å². The van der Waals surface area contributed by atoms with Crippen molar-refractivity contribution in [1.29, 1.82) is 0 Å². The maximum atomic E-state index is 11.7. The van der Waals surface area contributed by atoms with Crippen LogP contribution in [0.4, 0.5) is 5.69 Å². The Balaban J connectivity index is 2.08. The van der Waals surface area contributed by atoms with Gasteiger partial charge in [0.05, 0.1) is 11.9 Å². The Kier molecular flexibility index (Phi) is 3.24. The molecule has 0 saturated carbocycles. The fraction of sp³-hybridized carbons (Fsp3) is 0.364. The molecule has 0 N–H and O–H groups in total. The molecular formula is C11H12N2O2S. The van der Waals surface area contributed by atoms with E-state index >= 15 is 0 Å². The van der Waals surface area contributed by atoms with E-state index in [9.17, 15) is 9.59 Å². The number of rotatable bonds is 2. The van der Waals surface area contributed by atoms with Crippen LogP contribution in [0.2, 0.25) is 0 Å². The molecule has 0 aromatic carbocycles. The third-order valence-corrected chi connectivity index (χ3v) is 3.36. The fourth-order valence-electron chi connectivity index (χ4n) is 1.75. The number of carbonyl (C=O) groups excluding carboxylic acids is 2. The van der Waals surface area contributed by atoms with Crippen molar-refractivity contribution in [2.45, 2.75) is 18.6 Å². The summed E-state index contributed by atoms with van der Waals surface area (Å²) in [6.45, 7) is 2.12. The molecule has 1 aromatic heterocycles. The minimum Gasteiger partial charge on any atom is -0.310 e. The monoisotopic (exact) mass is 236 g/mol.